The lowest BCUT2D eigenvalue weighted by atomic mass is 10.1. The van der Waals surface area contributed by atoms with Crippen LogP contribution >= 0.6 is 12.6 Å². The third kappa shape index (κ3) is 2.91. The Morgan fingerprint density at radius 1 is 1.41 bits per heavy atom. The van der Waals surface area contributed by atoms with Crippen LogP contribution in [0.25, 0.3) is 0 Å². The molecule has 0 saturated carbocycles. The molecule has 0 bridgehead atoms. The van der Waals surface area contributed by atoms with Crippen LogP contribution in [0.1, 0.15) is 0 Å². The summed E-state index contributed by atoms with van der Waals surface area (Å²) in [5.74, 6) is 0.0500. The van der Waals surface area contributed by atoms with Gasteiger partial charge in [0.15, 0.2) is 6.61 Å². The van der Waals surface area contributed by atoms with Crippen LogP contribution < -0.4 is 15.4 Å². The summed E-state index contributed by atoms with van der Waals surface area (Å²) in [6.45, 7) is -0.117. The fraction of sp³-hybridized carbons (Fsp3) is 0.273. The van der Waals surface area contributed by atoms with Gasteiger partial charge in [0.05, 0.1) is 0 Å². The maximum Gasteiger partial charge on any atom is 0.258 e. The molecule has 1 saturated heterocycles. The van der Waals surface area contributed by atoms with Gasteiger partial charge in [-0.15, -0.1) is 0 Å². The third-order valence-electron chi connectivity index (χ3n) is 2.32. The molecule has 0 spiro atoms. The molecule has 2 amide bonds. The van der Waals surface area contributed by atoms with Crippen molar-refractivity contribution in [2.24, 2.45) is 0 Å². The molecule has 2 unspecified atom stereocenters. The molecule has 1 aromatic rings. The van der Waals surface area contributed by atoms with Crippen molar-refractivity contribution in [2.75, 3.05) is 6.61 Å². The number of hydrogen-bond donors (Lipinski definition) is 3. The number of rotatable bonds is 4. The van der Waals surface area contributed by atoms with Crippen LogP contribution in [0.3, 0.4) is 0 Å². The second-order valence-electron chi connectivity index (χ2n) is 3.60. The maximum atomic E-state index is 11.5. The van der Waals surface area contributed by atoms with Gasteiger partial charge in [-0.05, 0) is 12.1 Å². The number of nitrogens with one attached hydrogen (secondary N) is 2. The zero-order chi connectivity index (χ0) is 12.3. The second kappa shape index (κ2) is 5.09. The highest BCUT2D eigenvalue weighted by Gasteiger charge is 2.37. The van der Waals surface area contributed by atoms with E-state index in [-0.39, 0.29) is 23.8 Å². The second-order valence-corrected chi connectivity index (χ2v) is 4.16. The number of carbonyl (C=O) groups is 2. The van der Waals surface area contributed by atoms with E-state index in [4.69, 9.17) is 4.74 Å². The Labute approximate surface area is 104 Å². The number of thiol groups is 1. The number of para-hydroxylation sites is 1. The minimum absolute atomic E-state index is 0.117. The van der Waals surface area contributed by atoms with Gasteiger partial charge in [-0.3, -0.25) is 9.59 Å². The van der Waals surface area contributed by atoms with Gasteiger partial charge in [0, 0.05) is 0 Å². The van der Waals surface area contributed by atoms with Gasteiger partial charge in [-0.2, -0.15) is 12.6 Å². The van der Waals surface area contributed by atoms with Crippen LogP contribution in [-0.2, 0) is 9.59 Å². The minimum Gasteiger partial charge on any atom is -0.484 e. The summed E-state index contributed by atoms with van der Waals surface area (Å²) in [7, 11) is 0. The van der Waals surface area contributed by atoms with Gasteiger partial charge in [-0.1, -0.05) is 18.2 Å². The highest BCUT2D eigenvalue weighted by molar-refractivity contribution is 7.81. The molecule has 90 valence electrons. The summed E-state index contributed by atoms with van der Waals surface area (Å²) < 4.78 is 5.24. The first-order valence-corrected chi connectivity index (χ1v) is 5.64. The Morgan fingerprint density at radius 3 is 2.71 bits per heavy atom. The average molecular weight is 252 g/mol. The normalized spacial score (nSPS) is 22.3. The maximum absolute atomic E-state index is 11.5. The third-order valence-corrected chi connectivity index (χ3v) is 2.75. The number of benzene rings is 1. The molecule has 1 heterocycles. The number of hydrogen-bond acceptors (Lipinski definition) is 4. The van der Waals surface area contributed by atoms with Crippen molar-refractivity contribution in [1.82, 2.24) is 10.6 Å². The minimum atomic E-state index is -0.565. The monoisotopic (exact) mass is 252 g/mol. The van der Waals surface area contributed by atoms with Crippen LogP contribution in [0.5, 0.6) is 5.75 Å². The summed E-state index contributed by atoms with van der Waals surface area (Å²) in [5, 5.41) is 4.72. The number of β-lactam (4-membered cyclic amide) rings is 1. The van der Waals surface area contributed by atoms with E-state index in [0.717, 1.165) is 0 Å². The van der Waals surface area contributed by atoms with Crippen molar-refractivity contribution >= 4 is 24.4 Å². The van der Waals surface area contributed by atoms with Crippen molar-refractivity contribution in [1.29, 1.82) is 0 Å². The molecule has 2 atom stereocenters. The van der Waals surface area contributed by atoms with Crippen molar-refractivity contribution in [3.63, 3.8) is 0 Å². The molecular weight excluding hydrogens is 240 g/mol. The summed E-state index contributed by atoms with van der Waals surface area (Å²) in [6.07, 6.45) is 0. The summed E-state index contributed by atoms with van der Waals surface area (Å²) in [5.41, 5.74) is 0. The number of amides is 2. The first-order chi connectivity index (χ1) is 8.16. The lowest BCUT2D eigenvalue weighted by Gasteiger charge is -2.33. The molecule has 0 aliphatic carbocycles. The van der Waals surface area contributed by atoms with Gasteiger partial charge in [0.25, 0.3) is 5.91 Å². The molecule has 1 aliphatic heterocycles. The number of carbonyl (C=O) groups excluding carboxylic acids is 2. The van der Waals surface area contributed by atoms with Gasteiger partial charge in [0.1, 0.15) is 17.2 Å². The standard InChI is InChI=1S/C11H12N2O3S/c14-8(12-9-10(15)13-11(9)17)6-16-7-4-2-1-3-5-7/h1-5,9,11,17H,6H2,(H,12,14)(H,13,15). The van der Waals surface area contributed by atoms with Crippen LogP contribution in [0.2, 0.25) is 0 Å². The van der Waals surface area contributed by atoms with Crippen LogP contribution in [0.15, 0.2) is 30.3 Å². The van der Waals surface area contributed by atoms with Crippen molar-refractivity contribution in [2.45, 2.75) is 11.4 Å². The van der Waals surface area contributed by atoms with Gasteiger partial charge in [0.2, 0.25) is 5.91 Å². The Balaban J connectivity index is 1.76. The SMILES string of the molecule is O=C(COc1ccccc1)NC1C(=O)NC1S. The number of ether oxygens (including phenoxy) is 1. The average Bonchev–Trinajstić information content (AvgIpc) is 2.35. The van der Waals surface area contributed by atoms with Crippen molar-refractivity contribution in [3.05, 3.63) is 30.3 Å². The molecule has 6 heteroatoms. The molecule has 1 fully saturated rings. The zero-order valence-electron chi connectivity index (χ0n) is 8.92. The van der Waals surface area contributed by atoms with E-state index in [9.17, 15) is 9.59 Å². The Morgan fingerprint density at radius 2 is 2.12 bits per heavy atom. The Hall–Kier alpha value is -1.69. The molecule has 0 aromatic heterocycles. The molecule has 1 aromatic carbocycles. The van der Waals surface area contributed by atoms with Crippen LogP contribution in [0.4, 0.5) is 0 Å². The molecule has 1 aliphatic rings. The molecular formula is C11H12N2O3S. The fourth-order valence-electron chi connectivity index (χ4n) is 1.39. The molecule has 17 heavy (non-hydrogen) atoms. The van der Waals surface area contributed by atoms with E-state index < -0.39 is 6.04 Å². The van der Waals surface area contributed by atoms with Gasteiger partial charge in [-0.25, -0.2) is 0 Å². The van der Waals surface area contributed by atoms with E-state index >= 15 is 0 Å². The van der Waals surface area contributed by atoms with E-state index in [0.29, 0.717) is 5.75 Å². The van der Waals surface area contributed by atoms with Gasteiger partial charge >= 0.3 is 0 Å². The highest BCUT2D eigenvalue weighted by atomic mass is 32.1. The quantitative estimate of drug-likeness (QED) is 0.519. The Kier molecular flexibility index (Phi) is 3.53. The molecule has 2 rings (SSSR count). The molecule has 0 radical (unpaired) electrons. The predicted molar refractivity (Wildman–Crippen MR) is 64.8 cm³/mol. The fourth-order valence-corrected chi connectivity index (χ4v) is 1.73. The molecule has 5 nitrogen and oxygen atoms in total. The zero-order valence-corrected chi connectivity index (χ0v) is 9.81. The van der Waals surface area contributed by atoms with E-state index in [1.807, 2.05) is 18.2 Å². The van der Waals surface area contributed by atoms with E-state index in [2.05, 4.69) is 23.3 Å². The predicted octanol–water partition coefficient (Wildman–Crippen LogP) is -0.0641. The van der Waals surface area contributed by atoms with Crippen molar-refractivity contribution in [3.8, 4) is 5.75 Å². The first-order valence-electron chi connectivity index (χ1n) is 5.12. The lowest BCUT2D eigenvalue weighted by Crippen LogP contribution is -2.67. The summed E-state index contributed by atoms with van der Waals surface area (Å²) in [4.78, 5) is 22.5. The first kappa shape index (κ1) is 11.8. The van der Waals surface area contributed by atoms with Crippen molar-refractivity contribution < 1.29 is 14.3 Å². The summed E-state index contributed by atoms with van der Waals surface area (Å²) >= 11 is 4.06. The van der Waals surface area contributed by atoms with Gasteiger partial charge < -0.3 is 15.4 Å². The molecule has 2 N–H and O–H groups in total. The van der Waals surface area contributed by atoms with Crippen LogP contribution in [0, 0.1) is 0 Å². The Bertz CT molecular complexity index is 424. The van der Waals surface area contributed by atoms with E-state index in [1.54, 1.807) is 12.1 Å². The smallest absolute Gasteiger partial charge is 0.258 e. The van der Waals surface area contributed by atoms with E-state index in [1.165, 1.54) is 0 Å². The summed E-state index contributed by atoms with van der Waals surface area (Å²) in [6, 6.07) is 8.43. The largest absolute Gasteiger partial charge is 0.484 e. The van der Waals surface area contributed by atoms with Crippen LogP contribution in [-0.4, -0.2) is 29.8 Å². The highest BCUT2D eigenvalue weighted by Crippen LogP contribution is 2.10. The topological polar surface area (TPSA) is 67.4 Å². The lowest BCUT2D eigenvalue weighted by molar-refractivity contribution is -0.134.